The summed E-state index contributed by atoms with van der Waals surface area (Å²) >= 11 is 0. The number of ether oxygens (including phenoxy) is 3. The van der Waals surface area contributed by atoms with Crippen LogP contribution in [0, 0.1) is 0 Å². The van der Waals surface area contributed by atoms with Crippen molar-refractivity contribution in [2.75, 3.05) is 41.0 Å². The van der Waals surface area contributed by atoms with Crippen LogP contribution in [0.1, 0.15) is 136 Å². The highest BCUT2D eigenvalue weighted by Gasteiger charge is 2.25. The number of hydrogen-bond donors (Lipinski definition) is 0. The fourth-order valence-corrected chi connectivity index (χ4v) is 4.97. The minimum absolute atomic E-state index is 0.0265. The Bertz CT molecular complexity index is 860. The third kappa shape index (κ3) is 27.8. The van der Waals surface area contributed by atoms with E-state index in [1.54, 1.807) is 21.1 Å². The fourth-order valence-electron chi connectivity index (χ4n) is 4.97. The van der Waals surface area contributed by atoms with Gasteiger partial charge in [0.25, 0.3) is 0 Å². The predicted octanol–water partition coefficient (Wildman–Crippen LogP) is 7.40. The summed E-state index contributed by atoms with van der Waals surface area (Å²) in [7, 11) is 5.37. The highest BCUT2D eigenvalue weighted by molar-refractivity contribution is 5.70. The zero-order valence-electron chi connectivity index (χ0n) is 30.0. The lowest BCUT2D eigenvalue weighted by molar-refractivity contribution is -0.889. The number of likely N-dealkylation sites (N-methyl/N-ethyl adjacent to an activating group) is 1. The number of carboxylic acids is 1. The second-order valence-corrected chi connectivity index (χ2v) is 13.1. The van der Waals surface area contributed by atoms with Gasteiger partial charge in [-0.2, -0.15) is 0 Å². The molecule has 8 nitrogen and oxygen atoms in total. The van der Waals surface area contributed by atoms with E-state index in [1.165, 1.54) is 51.4 Å². The summed E-state index contributed by atoms with van der Waals surface area (Å²) in [5.74, 6) is -1.81. The van der Waals surface area contributed by atoms with E-state index >= 15 is 0 Å². The van der Waals surface area contributed by atoms with Crippen molar-refractivity contribution in [3.05, 3.63) is 36.5 Å². The van der Waals surface area contributed by atoms with Gasteiger partial charge in [-0.05, 0) is 38.5 Å². The van der Waals surface area contributed by atoms with Gasteiger partial charge in [-0.15, -0.1) is 0 Å². The molecular weight excluding hydrogens is 582 g/mol. The molecule has 0 aliphatic heterocycles. The van der Waals surface area contributed by atoms with Crippen molar-refractivity contribution in [2.24, 2.45) is 0 Å². The van der Waals surface area contributed by atoms with Crippen molar-refractivity contribution in [3.8, 4) is 0 Å². The van der Waals surface area contributed by atoms with E-state index < -0.39 is 18.1 Å². The first kappa shape index (κ1) is 43.5. The molecule has 8 heteroatoms. The van der Waals surface area contributed by atoms with E-state index in [2.05, 4.69) is 50.3 Å². The molecule has 2 atom stereocenters. The molecule has 0 N–H and O–H groups in total. The first-order valence-corrected chi connectivity index (χ1v) is 18.0. The Hall–Kier alpha value is -2.45. The summed E-state index contributed by atoms with van der Waals surface area (Å²) in [6.07, 6.45) is 30.4. The molecule has 0 bridgehead atoms. The molecule has 0 aliphatic carbocycles. The van der Waals surface area contributed by atoms with Crippen molar-refractivity contribution in [2.45, 2.75) is 148 Å². The van der Waals surface area contributed by atoms with Crippen LogP contribution in [-0.2, 0) is 28.6 Å². The molecular formula is C38H67NO7. The van der Waals surface area contributed by atoms with Crippen LogP contribution < -0.4 is 5.11 Å². The Morgan fingerprint density at radius 2 is 1.22 bits per heavy atom. The van der Waals surface area contributed by atoms with Crippen LogP contribution in [0.5, 0.6) is 0 Å². The van der Waals surface area contributed by atoms with Gasteiger partial charge in [0, 0.05) is 19.3 Å². The Morgan fingerprint density at radius 3 is 1.78 bits per heavy atom. The lowest BCUT2D eigenvalue weighted by atomic mass is 10.1. The molecule has 266 valence electrons. The number of carbonyl (C=O) groups is 3. The van der Waals surface area contributed by atoms with Gasteiger partial charge in [0.2, 0.25) is 0 Å². The van der Waals surface area contributed by atoms with E-state index in [0.717, 1.165) is 44.9 Å². The summed E-state index contributed by atoms with van der Waals surface area (Å²) in [6, 6.07) is -0.729. The van der Waals surface area contributed by atoms with E-state index in [-0.39, 0.29) is 49.1 Å². The topological polar surface area (TPSA) is 102 Å². The molecule has 0 fully saturated rings. The van der Waals surface area contributed by atoms with Gasteiger partial charge in [-0.25, -0.2) is 0 Å². The number of allylic oxidation sites excluding steroid dienone is 6. The molecule has 0 saturated heterocycles. The molecule has 0 heterocycles. The van der Waals surface area contributed by atoms with Crippen LogP contribution in [0.2, 0.25) is 0 Å². The van der Waals surface area contributed by atoms with E-state index in [9.17, 15) is 19.5 Å². The minimum Gasteiger partial charge on any atom is -0.544 e. The lowest BCUT2D eigenvalue weighted by Crippen LogP contribution is -2.55. The second-order valence-electron chi connectivity index (χ2n) is 13.1. The third-order valence-corrected chi connectivity index (χ3v) is 7.79. The number of hydrogen-bond acceptors (Lipinski definition) is 7. The van der Waals surface area contributed by atoms with Crippen molar-refractivity contribution >= 4 is 17.9 Å². The summed E-state index contributed by atoms with van der Waals surface area (Å²) in [6.45, 7) is 4.45. The molecule has 46 heavy (non-hydrogen) atoms. The van der Waals surface area contributed by atoms with Gasteiger partial charge in [0.1, 0.15) is 12.6 Å². The molecule has 0 spiro atoms. The molecule has 0 rings (SSSR count). The van der Waals surface area contributed by atoms with Crippen LogP contribution in [0.25, 0.3) is 0 Å². The largest absolute Gasteiger partial charge is 0.544 e. The summed E-state index contributed by atoms with van der Waals surface area (Å²) < 4.78 is 17.0. The maximum atomic E-state index is 12.6. The smallest absolute Gasteiger partial charge is 0.306 e. The van der Waals surface area contributed by atoms with E-state index in [4.69, 9.17) is 14.2 Å². The quantitative estimate of drug-likeness (QED) is 0.0334. The van der Waals surface area contributed by atoms with E-state index in [0.29, 0.717) is 12.8 Å². The fraction of sp³-hybridized carbons (Fsp3) is 0.763. The van der Waals surface area contributed by atoms with Gasteiger partial charge in [0.05, 0.1) is 40.3 Å². The van der Waals surface area contributed by atoms with Gasteiger partial charge in [-0.3, -0.25) is 9.59 Å². The average Bonchev–Trinajstić information content (AvgIpc) is 3.00. The molecule has 2 unspecified atom stereocenters. The van der Waals surface area contributed by atoms with Crippen LogP contribution in [0.4, 0.5) is 0 Å². The normalized spacial score (nSPS) is 13.5. The number of rotatable bonds is 31. The zero-order valence-corrected chi connectivity index (χ0v) is 30.0. The van der Waals surface area contributed by atoms with Crippen LogP contribution in [-0.4, -0.2) is 75.5 Å². The van der Waals surface area contributed by atoms with Gasteiger partial charge in [-0.1, -0.05) is 115 Å². The Kier molecular flexibility index (Phi) is 28.3. The van der Waals surface area contributed by atoms with Crippen LogP contribution >= 0.6 is 0 Å². The lowest BCUT2D eigenvalue weighted by Gasteiger charge is -2.34. The summed E-state index contributed by atoms with van der Waals surface area (Å²) in [5, 5.41) is 11.5. The van der Waals surface area contributed by atoms with Gasteiger partial charge < -0.3 is 28.6 Å². The summed E-state index contributed by atoms with van der Waals surface area (Å²) in [4.78, 5) is 36.5. The van der Waals surface area contributed by atoms with Gasteiger partial charge >= 0.3 is 11.9 Å². The number of carboxylic acid groups (broad SMARTS) is 1. The van der Waals surface area contributed by atoms with E-state index in [1.807, 2.05) is 0 Å². The highest BCUT2D eigenvalue weighted by atomic mass is 16.6. The first-order chi connectivity index (χ1) is 22.1. The zero-order chi connectivity index (χ0) is 34.3. The molecule has 0 aromatic heterocycles. The van der Waals surface area contributed by atoms with Crippen LogP contribution in [0.3, 0.4) is 0 Å². The molecule has 0 saturated carbocycles. The predicted molar refractivity (Wildman–Crippen MR) is 185 cm³/mol. The molecule has 0 radical (unpaired) electrons. The SMILES string of the molecule is CC/C=C/C/C=C/C/C=C/CCCC(=O)OCC(COCCC(C(=O)[O-])[N+](C)(C)C)OC(=O)CCCCCCCCCCCCC. The number of quaternary nitrogens is 1. The maximum Gasteiger partial charge on any atom is 0.306 e. The first-order valence-electron chi connectivity index (χ1n) is 18.0. The number of esters is 2. The maximum absolute atomic E-state index is 12.6. The highest BCUT2D eigenvalue weighted by Crippen LogP contribution is 2.13. The number of carbonyl (C=O) groups excluding carboxylic acids is 3. The monoisotopic (exact) mass is 649 g/mol. The standard InChI is InChI=1S/C38H67NO7/c1-6-8-10-12-14-16-18-20-22-24-26-28-36(40)45-33-34(32-44-31-30-35(38(42)43)39(3,4)5)46-37(41)29-27-25-23-21-19-17-15-13-11-9-7-2/h8,10,14,16,20,22,34-35H,6-7,9,11-13,15,17-19,21,23-33H2,1-5H3/b10-8+,16-14+,22-20+. The molecule has 0 aliphatic rings. The molecule has 0 aromatic rings. The number of nitrogens with zero attached hydrogens (tertiary/aromatic N) is 1. The Balaban J connectivity index is 4.53. The van der Waals surface area contributed by atoms with Crippen molar-refractivity contribution in [3.63, 3.8) is 0 Å². The minimum atomic E-state index is -1.13. The second kappa shape index (κ2) is 29.9. The summed E-state index contributed by atoms with van der Waals surface area (Å²) in [5.41, 5.74) is 0. The average molecular weight is 650 g/mol. The van der Waals surface area contributed by atoms with Gasteiger partial charge in [0.15, 0.2) is 6.10 Å². The van der Waals surface area contributed by atoms with Crippen molar-refractivity contribution < 1.29 is 38.2 Å². The molecule has 0 amide bonds. The molecule has 0 aromatic carbocycles. The number of unbranched alkanes of at least 4 members (excludes halogenated alkanes) is 11. The Morgan fingerprint density at radius 1 is 0.674 bits per heavy atom. The van der Waals surface area contributed by atoms with Crippen LogP contribution in [0.15, 0.2) is 36.5 Å². The number of aliphatic carboxylic acids is 1. The van der Waals surface area contributed by atoms with Crippen molar-refractivity contribution in [1.82, 2.24) is 0 Å². The van der Waals surface area contributed by atoms with Crippen molar-refractivity contribution in [1.29, 1.82) is 0 Å². The third-order valence-electron chi connectivity index (χ3n) is 7.79. The Labute approximate surface area is 281 Å².